The van der Waals surface area contributed by atoms with Crippen molar-refractivity contribution in [1.29, 1.82) is 0 Å². The summed E-state index contributed by atoms with van der Waals surface area (Å²) >= 11 is 2.01. The summed E-state index contributed by atoms with van der Waals surface area (Å²) in [6, 6.07) is 4.89. The molecule has 0 spiro atoms. The summed E-state index contributed by atoms with van der Waals surface area (Å²) in [6.07, 6.45) is 0. The zero-order valence-corrected chi connectivity index (χ0v) is 9.57. The molecule has 0 aliphatic rings. The third-order valence-electron chi connectivity index (χ3n) is 1.60. The molecule has 3 nitrogen and oxygen atoms in total. The van der Waals surface area contributed by atoms with Gasteiger partial charge in [0.05, 0.1) is 3.57 Å². The average molecular weight is 291 g/mol. The Bertz CT molecular complexity index is 336. The van der Waals surface area contributed by atoms with Gasteiger partial charge < -0.3 is 10.0 Å². The number of aromatic hydroxyl groups is 1. The summed E-state index contributed by atoms with van der Waals surface area (Å²) in [7, 11) is 3.36. The van der Waals surface area contributed by atoms with Crippen molar-refractivity contribution in [2.45, 2.75) is 0 Å². The number of hydrogen-bond donors (Lipinski definition) is 1. The number of rotatable bonds is 1. The van der Waals surface area contributed by atoms with Crippen LogP contribution in [0.4, 0.5) is 0 Å². The molecule has 0 saturated heterocycles. The lowest BCUT2D eigenvalue weighted by molar-refractivity contribution is 0.0827. The van der Waals surface area contributed by atoms with Gasteiger partial charge >= 0.3 is 0 Å². The average Bonchev–Trinajstić information content (AvgIpc) is 2.08. The number of phenols is 1. The lowest BCUT2D eigenvalue weighted by atomic mass is 10.2. The predicted octanol–water partition coefficient (Wildman–Crippen LogP) is 1.70. The number of halogens is 1. The molecule has 0 radical (unpaired) electrons. The first-order valence-corrected chi connectivity index (χ1v) is 4.80. The summed E-state index contributed by atoms with van der Waals surface area (Å²) in [5, 5.41) is 9.35. The van der Waals surface area contributed by atoms with Gasteiger partial charge in [-0.15, -0.1) is 0 Å². The van der Waals surface area contributed by atoms with Gasteiger partial charge in [0.25, 0.3) is 5.91 Å². The van der Waals surface area contributed by atoms with Crippen LogP contribution in [0, 0.1) is 3.57 Å². The molecular formula is C9H10INO2. The molecular weight excluding hydrogens is 281 g/mol. The van der Waals surface area contributed by atoms with E-state index in [0.29, 0.717) is 5.56 Å². The first-order valence-electron chi connectivity index (χ1n) is 3.72. The first kappa shape index (κ1) is 10.3. The molecule has 1 aromatic rings. The van der Waals surface area contributed by atoms with Gasteiger partial charge in [-0.05, 0) is 40.8 Å². The van der Waals surface area contributed by atoms with Gasteiger partial charge in [-0.1, -0.05) is 0 Å². The summed E-state index contributed by atoms with van der Waals surface area (Å²) in [5.74, 6) is 0.0417. The van der Waals surface area contributed by atoms with E-state index >= 15 is 0 Å². The fraction of sp³-hybridized carbons (Fsp3) is 0.222. The third kappa shape index (κ3) is 2.33. The van der Waals surface area contributed by atoms with E-state index in [1.807, 2.05) is 22.6 Å². The van der Waals surface area contributed by atoms with Crippen molar-refractivity contribution in [2.24, 2.45) is 0 Å². The Hall–Kier alpha value is -0.780. The third-order valence-corrected chi connectivity index (χ3v) is 2.51. The Labute approximate surface area is 90.5 Å². The highest BCUT2D eigenvalue weighted by Gasteiger charge is 2.09. The molecule has 1 amide bonds. The Balaban J connectivity index is 3.04. The summed E-state index contributed by atoms with van der Waals surface area (Å²) in [6.45, 7) is 0. The van der Waals surface area contributed by atoms with E-state index in [-0.39, 0.29) is 11.7 Å². The van der Waals surface area contributed by atoms with Crippen molar-refractivity contribution in [1.82, 2.24) is 4.90 Å². The Morgan fingerprint density at radius 3 is 2.54 bits per heavy atom. The molecule has 0 unspecified atom stereocenters. The quantitative estimate of drug-likeness (QED) is 0.800. The van der Waals surface area contributed by atoms with Crippen LogP contribution in [0.1, 0.15) is 10.4 Å². The van der Waals surface area contributed by atoms with E-state index in [0.717, 1.165) is 3.57 Å². The van der Waals surface area contributed by atoms with Crippen LogP contribution in [0.2, 0.25) is 0 Å². The summed E-state index contributed by atoms with van der Waals surface area (Å²) < 4.78 is 0.743. The summed E-state index contributed by atoms with van der Waals surface area (Å²) in [5.41, 5.74) is 0.503. The molecule has 0 aliphatic heterocycles. The highest BCUT2D eigenvalue weighted by atomic mass is 127. The normalized spacial score (nSPS) is 9.77. The maximum atomic E-state index is 11.4. The van der Waals surface area contributed by atoms with Gasteiger partial charge in [-0.2, -0.15) is 0 Å². The minimum absolute atomic E-state index is 0.105. The largest absolute Gasteiger partial charge is 0.507 e. The number of nitrogens with zero attached hydrogens (tertiary/aromatic N) is 1. The van der Waals surface area contributed by atoms with Crippen molar-refractivity contribution in [3.8, 4) is 5.75 Å². The van der Waals surface area contributed by atoms with Crippen LogP contribution < -0.4 is 0 Å². The smallest absolute Gasteiger partial charge is 0.253 e. The standard InChI is InChI=1S/C9H10INO2/c1-11(2)9(13)6-3-4-7(10)8(12)5-6/h3-5,12H,1-2H3. The van der Waals surface area contributed by atoms with Gasteiger partial charge in [-0.25, -0.2) is 0 Å². The van der Waals surface area contributed by atoms with Crippen molar-refractivity contribution < 1.29 is 9.90 Å². The SMILES string of the molecule is CN(C)C(=O)c1ccc(I)c(O)c1. The molecule has 1 rings (SSSR count). The van der Waals surface area contributed by atoms with E-state index in [9.17, 15) is 9.90 Å². The number of phenolic OH excluding ortho intramolecular Hbond substituents is 1. The molecule has 70 valence electrons. The number of hydrogen-bond acceptors (Lipinski definition) is 2. The second-order valence-electron chi connectivity index (χ2n) is 2.87. The molecule has 1 N–H and O–H groups in total. The second-order valence-corrected chi connectivity index (χ2v) is 4.03. The van der Waals surface area contributed by atoms with E-state index in [2.05, 4.69) is 0 Å². The fourth-order valence-corrected chi connectivity index (χ4v) is 1.24. The molecule has 0 aromatic heterocycles. The minimum atomic E-state index is -0.105. The van der Waals surface area contributed by atoms with E-state index in [1.165, 1.54) is 11.0 Å². The van der Waals surface area contributed by atoms with Crippen LogP contribution in [0.15, 0.2) is 18.2 Å². The second kappa shape index (κ2) is 3.95. The fourth-order valence-electron chi connectivity index (χ4n) is 0.904. The van der Waals surface area contributed by atoms with Crippen molar-refractivity contribution in [3.05, 3.63) is 27.3 Å². The number of benzene rings is 1. The van der Waals surface area contributed by atoms with Crippen molar-refractivity contribution in [2.75, 3.05) is 14.1 Å². The Morgan fingerprint density at radius 2 is 2.08 bits per heavy atom. The molecule has 0 bridgehead atoms. The molecule has 13 heavy (non-hydrogen) atoms. The van der Waals surface area contributed by atoms with Gasteiger partial charge in [-0.3, -0.25) is 4.79 Å². The zero-order chi connectivity index (χ0) is 10.0. The lowest BCUT2D eigenvalue weighted by Gasteiger charge is -2.10. The van der Waals surface area contributed by atoms with Crippen LogP contribution in [-0.2, 0) is 0 Å². The van der Waals surface area contributed by atoms with Crippen molar-refractivity contribution in [3.63, 3.8) is 0 Å². The van der Waals surface area contributed by atoms with Crippen LogP contribution in [0.5, 0.6) is 5.75 Å². The van der Waals surface area contributed by atoms with E-state index in [1.54, 1.807) is 26.2 Å². The monoisotopic (exact) mass is 291 g/mol. The molecule has 0 heterocycles. The predicted molar refractivity (Wildman–Crippen MR) is 58.8 cm³/mol. The van der Waals surface area contributed by atoms with Crippen LogP contribution in [0.25, 0.3) is 0 Å². The van der Waals surface area contributed by atoms with Gasteiger partial charge in [0.1, 0.15) is 5.75 Å². The first-order chi connectivity index (χ1) is 6.02. The molecule has 0 atom stereocenters. The molecule has 0 aliphatic carbocycles. The van der Waals surface area contributed by atoms with Crippen LogP contribution >= 0.6 is 22.6 Å². The summed E-state index contributed by atoms with van der Waals surface area (Å²) in [4.78, 5) is 12.9. The van der Waals surface area contributed by atoms with E-state index in [4.69, 9.17) is 0 Å². The Morgan fingerprint density at radius 1 is 1.46 bits per heavy atom. The van der Waals surface area contributed by atoms with Crippen LogP contribution in [0.3, 0.4) is 0 Å². The molecule has 4 heteroatoms. The lowest BCUT2D eigenvalue weighted by Crippen LogP contribution is -2.21. The molecule has 0 saturated carbocycles. The Kier molecular flexibility index (Phi) is 3.13. The molecule has 0 fully saturated rings. The van der Waals surface area contributed by atoms with E-state index < -0.39 is 0 Å². The maximum Gasteiger partial charge on any atom is 0.253 e. The van der Waals surface area contributed by atoms with Crippen molar-refractivity contribution >= 4 is 28.5 Å². The minimum Gasteiger partial charge on any atom is -0.507 e. The van der Waals surface area contributed by atoms with Gasteiger partial charge in [0.15, 0.2) is 0 Å². The number of carbonyl (C=O) groups excluding carboxylic acids is 1. The molecule has 1 aromatic carbocycles. The van der Waals surface area contributed by atoms with Crippen LogP contribution in [-0.4, -0.2) is 30.0 Å². The number of carbonyl (C=O) groups is 1. The highest BCUT2D eigenvalue weighted by molar-refractivity contribution is 14.1. The topological polar surface area (TPSA) is 40.5 Å². The number of amides is 1. The zero-order valence-electron chi connectivity index (χ0n) is 7.41. The highest BCUT2D eigenvalue weighted by Crippen LogP contribution is 2.20. The van der Waals surface area contributed by atoms with Gasteiger partial charge in [0, 0.05) is 19.7 Å². The van der Waals surface area contributed by atoms with Gasteiger partial charge in [0.2, 0.25) is 0 Å². The maximum absolute atomic E-state index is 11.4.